The number of H-pyrrole nitrogens is 1. The second-order valence-electron chi connectivity index (χ2n) is 7.93. The predicted molar refractivity (Wildman–Crippen MR) is 112 cm³/mol. The number of carbonyl (C=O) groups excluding carboxylic acids is 2. The Morgan fingerprint density at radius 3 is 2.77 bits per heavy atom. The first-order valence-corrected chi connectivity index (χ1v) is 10.7. The Morgan fingerprint density at radius 1 is 1.37 bits per heavy atom. The summed E-state index contributed by atoms with van der Waals surface area (Å²) in [5, 5.41) is 2.66. The number of fused-ring (bicyclic) bond motifs is 1. The lowest BCUT2D eigenvalue weighted by atomic mass is 10.0. The number of hydrogen-bond donors (Lipinski definition) is 2. The van der Waals surface area contributed by atoms with Crippen LogP contribution in [0.15, 0.2) is 22.7 Å². The van der Waals surface area contributed by atoms with Crippen LogP contribution in [0.25, 0.3) is 11.0 Å². The number of methoxy groups -OCH3 is 1. The molecule has 2 atom stereocenters. The SMILES string of the molecule is COC(=O)N[C@H](C(=O)N1CC2(C[C@H]1c1nc3ccc(Br)cc3[nH]1)OCCO2)C(C)C. The van der Waals surface area contributed by atoms with Gasteiger partial charge in [0.15, 0.2) is 5.79 Å². The van der Waals surface area contributed by atoms with E-state index in [1.165, 1.54) is 7.11 Å². The minimum Gasteiger partial charge on any atom is -0.453 e. The molecule has 2 amide bonds. The summed E-state index contributed by atoms with van der Waals surface area (Å²) in [6.07, 6.45) is -0.183. The van der Waals surface area contributed by atoms with Crippen molar-refractivity contribution < 1.29 is 23.8 Å². The molecule has 2 aromatic rings. The van der Waals surface area contributed by atoms with Gasteiger partial charge in [0, 0.05) is 10.9 Å². The minimum absolute atomic E-state index is 0.133. The number of likely N-dealkylation sites (tertiary alicyclic amines) is 1. The molecule has 2 fully saturated rings. The van der Waals surface area contributed by atoms with Crippen molar-refractivity contribution in [1.29, 1.82) is 0 Å². The van der Waals surface area contributed by atoms with Gasteiger partial charge >= 0.3 is 6.09 Å². The highest BCUT2D eigenvalue weighted by Gasteiger charge is 2.52. The maximum Gasteiger partial charge on any atom is 0.407 e. The Labute approximate surface area is 182 Å². The first kappa shape index (κ1) is 21.1. The van der Waals surface area contributed by atoms with E-state index in [2.05, 4.69) is 26.2 Å². The van der Waals surface area contributed by atoms with Gasteiger partial charge in [0.05, 0.1) is 43.9 Å². The fraction of sp³-hybridized carbons (Fsp3) is 0.550. The third-order valence-corrected chi connectivity index (χ3v) is 6.05. The molecule has 1 aromatic carbocycles. The van der Waals surface area contributed by atoms with Gasteiger partial charge < -0.3 is 29.4 Å². The molecular formula is C20H25BrN4O5. The van der Waals surface area contributed by atoms with Crippen LogP contribution < -0.4 is 5.32 Å². The van der Waals surface area contributed by atoms with Gasteiger partial charge in [0.25, 0.3) is 0 Å². The van der Waals surface area contributed by atoms with Crippen LogP contribution in [0.1, 0.15) is 32.1 Å². The molecule has 10 heteroatoms. The summed E-state index contributed by atoms with van der Waals surface area (Å²) >= 11 is 3.47. The third kappa shape index (κ3) is 3.91. The van der Waals surface area contributed by atoms with Crippen LogP contribution in [0.2, 0.25) is 0 Å². The lowest BCUT2D eigenvalue weighted by molar-refractivity contribution is -0.153. The summed E-state index contributed by atoms with van der Waals surface area (Å²) in [6.45, 7) is 4.98. The van der Waals surface area contributed by atoms with Crippen molar-refractivity contribution in [2.45, 2.75) is 38.1 Å². The van der Waals surface area contributed by atoms with Gasteiger partial charge in [-0.05, 0) is 24.1 Å². The smallest absolute Gasteiger partial charge is 0.407 e. The first-order valence-electron chi connectivity index (χ1n) is 9.90. The molecule has 4 rings (SSSR count). The van der Waals surface area contributed by atoms with E-state index in [-0.39, 0.29) is 24.4 Å². The molecule has 0 saturated carbocycles. The van der Waals surface area contributed by atoms with Crippen LogP contribution in [0.5, 0.6) is 0 Å². The van der Waals surface area contributed by atoms with Gasteiger partial charge in [-0.15, -0.1) is 0 Å². The minimum atomic E-state index is -0.854. The second kappa shape index (κ2) is 8.16. The van der Waals surface area contributed by atoms with Crippen LogP contribution in [-0.4, -0.2) is 65.6 Å². The fourth-order valence-corrected chi connectivity index (χ4v) is 4.42. The van der Waals surface area contributed by atoms with Crippen molar-refractivity contribution in [1.82, 2.24) is 20.2 Å². The van der Waals surface area contributed by atoms with Crippen LogP contribution in [0, 0.1) is 5.92 Å². The van der Waals surface area contributed by atoms with Gasteiger partial charge in [0.1, 0.15) is 11.9 Å². The van der Waals surface area contributed by atoms with E-state index < -0.39 is 17.9 Å². The van der Waals surface area contributed by atoms with E-state index >= 15 is 0 Å². The van der Waals surface area contributed by atoms with Crippen LogP contribution >= 0.6 is 15.9 Å². The molecule has 2 N–H and O–H groups in total. The second-order valence-corrected chi connectivity index (χ2v) is 8.85. The lowest BCUT2D eigenvalue weighted by Crippen LogP contribution is -2.52. The van der Waals surface area contributed by atoms with Crippen molar-refractivity contribution in [3.63, 3.8) is 0 Å². The van der Waals surface area contributed by atoms with Crippen molar-refractivity contribution in [3.8, 4) is 0 Å². The normalized spacial score (nSPS) is 21.5. The Morgan fingerprint density at radius 2 is 2.10 bits per heavy atom. The van der Waals surface area contributed by atoms with Crippen LogP contribution in [0.4, 0.5) is 4.79 Å². The molecule has 162 valence electrons. The summed E-state index contributed by atoms with van der Waals surface area (Å²) < 4.78 is 17.4. The zero-order valence-corrected chi connectivity index (χ0v) is 18.7. The number of amides is 2. The molecule has 2 aliphatic heterocycles. The zero-order chi connectivity index (χ0) is 21.5. The fourth-order valence-electron chi connectivity index (χ4n) is 4.06. The van der Waals surface area contributed by atoms with E-state index in [1.54, 1.807) is 4.90 Å². The molecule has 0 bridgehead atoms. The van der Waals surface area contributed by atoms with Crippen molar-refractivity contribution in [2.75, 3.05) is 26.9 Å². The molecule has 0 radical (unpaired) electrons. The standard InChI is InChI=1S/C20H25BrN4O5/c1-11(2)16(24-19(27)28-3)18(26)25-10-20(29-6-7-30-20)9-15(25)17-22-13-5-4-12(21)8-14(13)23-17/h4-5,8,11,15-16H,6-7,9-10H2,1-3H3,(H,22,23)(H,24,27)/t15-,16-/m0/s1. The van der Waals surface area contributed by atoms with Gasteiger partial charge in [-0.1, -0.05) is 29.8 Å². The number of nitrogens with zero attached hydrogens (tertiary/aromatic N) is 2. The Hall–Kier alpha value is -2.17. The summed E-state index contributed by atoms with van der Waals surface area (Å²) in [4.78, 5) is 35.1. The molecule has 1 aromatic heterocycles. The quantitative estimate of drug-likeness (QED) is 0.696. The van der Waals surface area contributed by atoms with E-state index in [1.807, 2.05) is 32.0 Å². The number of halogens is 1. The maximum atomic E-state index is 13.5. The Kier molecular flexibility index (Phi) is 5.73. The number of aromatic amines is 1. The summed E-state index contributed by atoms with van der Waals surface area (Å²) in [7, 11) is 1.28. The van der Waals surface area contributed by atoms with E-state index in [0.717, 1.165) is 15.5 Å². The highest BCUT2D eigenvalue weighted by Crippen LogP contribution is 2.42. The average Bonchev–Trinajstić information content (AvgIpc) is 3.43. The molecule has 2 saturated heterocycles. The van der Waals surface area contributed by atoms with Gasteiger partial charge in [-0.2, -0.15) is 0 Å². The number of ether oxygens (including phenoxy) is 3. The third-order valence-electron chi connectivity index (χ3n) is 5.56. The highest BCUT2D eigenvalue weighted by atomic mass is 79.9. The number of imidazole rings is 1. The van der Waals surface area contributed by atoms with Gasteiger partial charge in [-0.3, -0.25) is 4.79 Å². The van der Waals surface area contributed by atoms with Crippen molar-refractivity contribution in [2.24, 2.45) is 5.92 Å². The van der Waals surface area contributed by atoms with E-state index in [0.29, 0.717) is 25.5 Å². The summed E-state index contributed by atoms with van der Waals surface area (Å²) in [5.74, 6) is -0.552. The molecule has 2 aliphatic rings. The molecule has 0 aliphatic carbocycles. The topological polar surface area (TPSA) is 106 Å². The molecule has 3 heterocycles. The molecule has 0 unspecified atom stereocenters. The number of rotatable bonds is 4. The predicted octanol–water partition coefficient (Wildman–Crippen LogP) is 2.72. The number of aromatic nitrogens is 2. The lowest BCUT2D eigenvalue weighted by Gasteiger charge is -2.30. The molecule has 30 heavy (non-hydrogen) atoms. The number of hydrogen-bond acceptors (Lipinski definition) is 6. The summed E-state index contributed by atoms with van der Waals surface area (Å²) in [6, 6.07) is 4.66. The summed E-state index contributed by atoms with van der Waals surface area (Å²) in [5.41, 5.74) is 1.68. The number of nitrogens with one attached hydrogen (secondary N) is 2. The Bertz CT molecular complexity index is 956. The van der Waals surface area contributed by atoms with Crippen LogP contribution in [-0.2, 0) is 19.0 Å². The highest BCUT2D eigenvalue weighted by molar-refractivity contribution is 9.10. The number of alkyl carbamates (subject to hydrolysis) is 1. The first-order chi connectivity index (χ1) is 14.3. The largest absolute Gasteiger partial charge is 0.453 e. The van der Waals surface area contributed by atoms with Gasteiger partial charge in [0.2, 0.25) is 5.91 Å². The van der Waals surface area contributed by atoms with E-state index in [9.17, 15) is 9.59 Å². The number of benzene rings is 1. The number of carbonyl (C=O) groups is 2. The Balaban J connectivity index is 1.68. The molecule has 9 nitrogen and oxygen atoms in total. The maximum absolute atomic E-state index is 13.5. The zero-order valence-electron chi connectivity index (χ0n) is 17.1. The molecular weight excluding hydrogens is 456 g/mol. The monoisotopic (exact) mass is 480 g/mol. The van der Waals surface area contributed by atoms with Crippen LogP contribution in [0.3, 0.4) is 0 Å². The van der Waals surface area contributed by atoms with Crippen molar-refractivity contribution in [3.05, 3.63) is 28.5 Å². The average molecular weight is 481 g/mol. The molecule has 1 spiro atoms. The van der Waals surface area contributed by atoms with E-state index in [4.69, 9.17) is 19.2 Å². The van der Waals surface area contributed by atoms with Gasteiger partial charge in [-0.25, -0.2) is 9.78 Å². The van der Waals surface area contributed by atoms with Crippen molar-refractivity contribution >= 4 is 39.0 Å².